The number of carbonyl (C=O) groups excluding carboxylic acids is 2. The topological polar surface area (TPSA) is 102 Å². The first-order chi connectivity index (χ1) is 9.74. The lowest BCUT2D eigenvalue weighted by Gasteiger charge is -2.24. The molecular weight excluding hydrogens is 262 g/mol. The Balaban J connectivity index is 1.56. The van der Waals surface area contributed by atoms with E-state index in [0.717, 1.165) is 12.8 Å². The van der Waals surface area contributed by atoms with E-state index in [2.05, 4.69) is 21.2 Å². The minimum absolute atomic E-state index is 0.114. The number of rotatable bonds is 3. The largest absolute Gasteiger partial charge is 0.459 e. The van der Waals surface area contributed by atoms with Crippen LogP contribution in [0.4, 0.5) is 0 Å². The molecule has 2 heterocycles. The van der Waals surface area contributed by atoms with E-state index in [1.807, 2.05) is 0 Å². The Kier molecular flexibility index (Phi) is 3.20. The van der Waals surface area contributed by atoms with E-state index in [1.165, 1.54) is 18.8 Å². The van der Waals surface area contributed by atoms with Gasteiger partial charge in [-0.3, -0.25) is 20.4 Å². The van der Waals surface area contributed by atoms with Gasteiger partial charge in [0.05, 0.1) is 18.5 Å². The van der Waals surface area contributed by atoms with E-state index in [-0.39, 0.29) is 11.5 Å². The van der Waals surface area contributed by atoms with Gasteiger partial charge in [0.15, 0.2) is 11.5 Å². The van der Waals surface area contributed by atoms with Crippen molar-refractivity contribution in [2.24, 2.45) is 0 Å². The number of hydrazine groups is 1. The van der Waals surface area contributed by atoms with Gasteiger partial charge in [-0.15, -0.1) is 5.10 Å². The molecule has 2 amide bonds. The van der Waals surface area contributed by atoms with Crippen LogP contribution in [0.25, 0.3) is 0 Å². The predicted octanol–water partition coefficient (Wildman–Crippen LogP) is 0.671. The van der Waals surface area contributed by atoms with Crippen LogP contribution in [0.15, 0.2) is 29.0 Å². The van der Waals surface area contributed by atoms with Gasteiger partial charge >= 0.3 is 5.91 Å². The molecule has 0 unspecified atom stereocenters. The van der Waals surface area contributed by atoms with Gasteiger partial charge in [0.25, 0.3) is 5.91 Å². The first kappa shape index (κ1) is 12.4. The first-order valence-corrected chi connectivity index (χ1v) is 6.30. The van der Waals surface area contributed by atoms with Gasteiger partial charge in [0.2, 0.25) is 0 Å². The average molecular weight is 275 g/mol. The van der Waals surface area contributed by atoms with Gasteiger partial charge in [0, 0.05) is 0 Å². The van der Waals surface area contributed by atoms with Gasteiger partial charge in [-0.1, -0.05) is 5.21 Å². The minimum atomic E-state index is -0.533. The van der Waals surface area contributed by atoms with E-state index in [1.54, 1.807) is 16.9 Å². The minimum Gasteiger partial charge on any atom is -0.459 e. The van der Waals surface area contributed by atoms with Crippen molar-refractivity contribution in [3.63, 3.8) is 0 Å². The van der Waals surface area contributed by atoms with Crippen molar-refractivity contribution in [3.05, 3.63) is 36.0 Å². The Labute approximate surface area is 114 Å². The highest BCUT2D eigenvalue weighted by Gasteiger charge is 2.22. The highest BCUT2D eigenvalue weighted by Crippen LogP contribution is 2.30. The summed E-state index contributed by atoms with van der Waals surface area (Å²) in [7, 11) is 0. The molecule has 0 atom stereocenters. The highest BCUT2D eigenvalue weighted by atomic mass is 16.3. The van der Waals surface area contributed by atoms with Crippen molar-refractivity contribution in [1.29, 1.82) is 0 Å². The molecule has 3 rings (SSSR count). The van der Waals surface area contributed by atoms with E-state index in [9.17, 15) is 9.59 Å². The molecule has 104 valence electrons. The summed E-state index contributed by atoms with van der Waals surface area (Å²) in [5.74, 6) is -0.936. The smallest absolute Gasteiger partial charge is 0.305 e. The van der Waals surface area contributed by atoms with E-state index in [4.69, 9.17) is 4.42 Å². The summed E-state index contributed by atoms with van der Waals surface area (Å²) in [6.45, 7) is 0. The summed E-state index contributed by atoms with van der Waals surface area (Å²) < 4.78 is 6.58. The molecule has 0 bridgehead atoms. The number of aromatic nitrogens is 3. The number of carbonyl (C=O) groups is 2. The average Bonchev–Trinajstić information content (AvgIpc) is 3.04. The van der Waals surface area contributed by atoms with Crippen LogP contribution in [0, 0.1) is 0 Å². The third-order valence-corrected chi connectivity index (χ3v) is 3.23. The molecule has 1 aliphatic rings. The zero-order valence-electron chi connectivity index (χ0n) is 10.6. The number of furan rings is 1. The Hall–Kier alpha value is -2.64. The molecule has 0 aromatic carbocycles. The second-order valence-electron chi connectivity index (χ2n) is 4.55. The second-order valence-corrected chi connectivity index (χ2v) is 4.55. The fourth-order valence-corrected chi connectivity index (χ4v) is 1.86. The van der Waals surface area contributed by atoms with Crippen molar-refractivity contribution < 1.29 is 14.0 Å². The molecule has 2 aromatic heterocycles. The Morgan fingerprint density at radius 2 is 2.10 bits per heavy atom. The zero-order chi connectivity index (χ0) is 13.9. The van der Waals surface area contributed by atoms with Crippen LogP contribution in [-0.2, 0) is 0 Å². The van der Waals surface area contributed by atoms with Crippen LogP contribution < -0.4 is 10.9 Å². The molecule has 0 radical (unpaired) electrons. The molecule has 0 saturated heterocycles. The molecule has 8 heteroatoms. The summed E-state index contributed by atoms with van der Waals surface area (Å²) in [6, 6.07) is 3.41. The first-order valence-electron chi connectivity index (χ1n) is 6.30. The molecule has 2 N–H and O–H groups in total. The molecule has 20 heavy (non-hydrogen) atoms. The summed E-state index contributed by atoms with van der Waals surface area (Å²) in [5, 5.41) is 7.70. The summed E-state index contributed by atoms with van der Waals surface area (Å²) in [6.07, 6.45) is 6.24. The molecule has 8 nitrogen and oxygen atoms in total. The highest BCUT2D eigenvalue weighted by molar-refractivity contribution is 5.96. The van der Waals surface area contributed by atoms with E-state index in [0.29, 0.717) is 6.04 Å². The van der Waals surface area contributed by atoms with Gasteiger partial charge in [-0.2, -0.15) is 0 Å². The molecule has 2 aromatic rings. The molecule has 1 fully saturated rings. The maximum atomic E-state index is 11.8. The van der Waals surface area contributed by atoms with Crippen molar-refractivity contribution in [2.75, 3.05) is 0 Å². The quantitative estimate of drug-likeness (QED) is 0.801. The lowest BCUT2D eigenvalue weighted by Crippen LogP contribution is -2.41. The predicted molar refractivity (Wildman–Crippen MR) is 66.6 cm³/mol. The third kappa shape index (κ3) is 2.40. The zero-order valence-corrected chi connectivity index (χ0v) is 10.6. The Bertz CT molecular complexity index is 615. The van der Waals surface area contributed by atoms with Crippen molar-refractivity contribution >= 4 is 11.8 Å². The Morgan fingerprint density at radius 3 is 2.75 bits per heavy atom. The van der Waals surface area contributed by atoms with E-state index < -0.39 is 11.8 Å². The van der Waals surface area contributed by atoms with Crippen LogP contribution in [0.2, 0.25) is 0 Å². The fraction of sp³-hybridized carbons (Fsp3) is 0.333. The van der Waals surface area contributed by atoms with Gasteiger partial charge in [0.1, 0.15) is 0 Å². The SMILES string of the molecule is O=C(NNC(=O)c1ccco1)c1cn(C2CCC2)nn1. The van der Waals surface area contributed by atoms with Gasteiger partial charge < -0.3 is 4.42 Å². The third-order valence-electron chi connectivity index (χ3n) is 3.23. The van der Waals surface area contributed by atoms with Crippen LogP contribution in [-0.4, -0.2) is 26.8 Å². The Morgan fingerprint density at radius 1 is 1.30 bits per heavy atom. The molecule has 0 spiro atoms. The maximum Gasteiger partial charge on any atom is 0.305 e. The number of nitrogens with one attached hydrogen (secondary N) is 2. The standard InChI is InChI=1S/C12H13N5O3/c18-11(14-15-12(19)10-5-2-6-20-10)9-7-17(16-13-9)8-3-1-4-8/h2,5-8H,1,3-4H2,(H,14,18)(H,15,19). The maximum absolute atomic E-state index is 11.8. The van der Waals surface area contributed by atoms with E-state index >= 15 is 0 Å². The van der Waals surface area contributed by atoms with Crippen LogP contribution >= 0.6 is 0 Å². The second kappa shape index (κ2) is 5.16. The van der Waals surface area contributed by atoms with Gasteiger partial charge in [-0.25, -0.2) is 4.68 Å². The lowest BCUT2D eigenvalue weighted by molar-refractivity contribution is 0.0828. The van der Waals surface area contributed by atoms with Crippen molar-refractivity contribution in [1.82, 2.24) is 25.8 Å². The monoisotopic (exact) mass is 275 g/mol. The van der Waals surface area contributed by atoms with Crippen molar-refractivity contribution in [2.45, 2.75) is 25.3 Å². The molecular formula is C12H13N5O3. The van der Waals surface area contributed by atoms with Crippen LogP contribution in [0.1, 0.15) is 46.3 Å². The number of nitrogens with zero attached hydrogens (tertiary/aromatic N) is 3. The fourth-order valence-electron chi connectivity index (χ4n) is 1.86. The number of hydrogen-bond donors (Lipinski definition) is 2. The summed E-state index contributed by atoms with van der Waals surface area (Å²) >= 11 is 0. The molecule has 1 aliphatic carbocycles. The van der Waals surface area contributed by atoms with Crippen LogP contribution in [0.3, 0.4) is 0 Å². The lowest BCUT2D eigenvalue weighted by atomic mass is 9.93. The van der Waals surface area contributed by atoms with Crippen LogP contribution in [0.5, 0.6) is 0 Å². The number of amides is 2. The normalized spacial score (nSPS) is 14.6. The van der Waals surface area contributed by atoms with Gasteiger partial charge in [-0.05, 0) is 31.4 Å². The van der Waals surface area contributed by atoms with Crippen molar-refractivity contribution in [3.8, 4) is 0 Å². The summed E-state index contributed by atoms with van der Waals surface area (Å²) in [5.41, 5.74) is 4.67. The molecule has 1 saturated carbocycles. The summed E-state index contributed by atoms with van der Waals surface area (Å²) in [4.78, 5) is 23.3. The number of hydrogen-bond acceptors (Lipinski definition) is 5. The molecule has 0 aliphatic heterocycles.